The summed E-state index contributed by atoms with van der Waals surface area (Å²) in [5.41, 5.74) is 1.28. The van der Waals surface area contributed by atoms with E-state index in [1.54, 1.807) is 24.0 Å². The lowest BCUT2D eigenvalue weighted by Gasteiger charge is -2.34. The first kappa shape index (κ1) is 14.5. The third kappa shape index (κ3) is 2.67. The van der Waals surface area contributed by atoms with Crippen LogP contribution in [0, 0.1) is 0 Å². The molecule has 0 aliphatic carbocycles. The minimum absolute atomic E-state index is 0.223. The molecule has 1 atom stereocenters. The van der Waals surface area contributed by atoms with Crippen LogP contribution in [0.15, 0.2) is 30.5 Å². The third-order valence-corrected chi connectivity index (χ3v) is 6.30. The predicted octanol–water partition coefficient (Wildman–Crippen LogP) is 1.73. The van der Waals surface area contributed by atoms with Gasteiger partial charge in [0.1, 0.15) is 5.37 Å². The van der Waals surface area contributed by atoms with E-state index in [-0.39, 0.29) is 5.91 Å². The van der Waals surface area contributed by atoms with Gasteiger partial charge in [-0.1, -0.05) is 12.1 Å². The molecule has 1 amide bonds. The lowest BCUT2D eigenvalue weighted by molar-refractivity contribution is 0.0751. The van der Waals surface area contributed by atoms with E-state index < -0.39 is 15.2 Å². The Labute approximate surface area is 127 Å². The van der Waals surface area contributed by atoms with E-state index in [0.29, 0.717) is 17.9 Å². The molecule has 2 aromatic rings. The monoisotopic (exact) mass is 324 g/mol. The number of nitrogens with one attached hydrogen (secondary N) is 1. The molecule has 2 heterocycles. The van der Waals surface area contributed by atoms with Gasteiger partial charge in [-0.25, -0.2) is 8.42 Å². The highest BCUT2D eigenvalue weighted by Crippen LogP contribution is 2.25. The third-order valence-electron chi connectivity index (χ3n) is 3.66. The maximum atomic E-state index is 12.8. The number of aromatic nitrogens is 1. The van der Waals surface area contributed by atoms with E-state index in [2.05, 4.69) is 4.98 Å². The number of thioether (sulfide) groups is 1. The summed E-state index contributed by atoms with van der Waals surface area (Å²) in [5.74, 6) is 0.975. The molecule has 5 nitrogen and oxygen atoms in total. The zero-order valence-electron chi connectivity index (χ0n) is 11.6. The summed E-state index contributed by atoms with van der Waals surface area (Å²) in [6, 6.07) is 7.37. The minimum Gasteiger partial charge on any atom is -0.361 e. The molecular weight excluding hydrogens is 308 g/mol. The quantitative estimate of drug-likeness (QED) is 0.913. The van der Waals surface area contributed by atoms with Crippen LogP contribution in [0.2, 0.25) is 0 Å². The predicted molar refractivity (Wildman–Crippen MR) is 85.3 cm³/mol. The zero-order chi connectivity index (χ0) is 15.0. The molecule has 0 bridgehead atoms. The van der Waals surface area contributed by atoms with Crippen molar-refractivity contribution in [2.75, 3.05) is 24.3 Å². The second-order valence-corrected chi connectivity index (χ2v) is 8.46. The van der Waals surface area contributed by atoms with Crippen molar-refractivity contribution in [3.8, 4) is 0 Å². The van der Waals surface area contributed by atoms with Crippen LogP contribution in [-0.4, -0.2) is 53.9 Å². The molecule has 1 aromatic heterocycles. The number of carbonyl (C=O) groups excluding carboxylic acids is 1. The van der Waals surface area contributed by atoms with Crippen LogP contribution in [-0.2, 0) is 9.84 Å². The van der Waals surface area contributed by atoms with Gasteiger partial charge in [0.25, 0.3) is 5.91 Å². The normalized spacial score (nSPS) is 19.9. The summed E-state index contributed by atoms with van der Waals surface area (Å²) in [4.78, 5) is 17.3. The number of nitrogens with zero attached hydrogens (tertiary/aromatic N) is 1. The Hall–Kier alpha value is -1.47. The summed E-state index contributed by atoms with van der Waals surface area (Å²) in [6.45, 7) is 0.457. The first-order valence-electron chi connectivity index (χ1n) is 6.62. The van der Waals surface area contributed by atoms with Crippen LogP contribution in [0.4, 0.5) is 0 Å². The van der Waals surface area contributed by atoms with Gasteiger partial charge in [-0.2, -0.15) is 11.8 Å². The Morgan fingerprint density at radius 2 is 2.19 bits per heavy atom. The van der Waals surface area contributed by atoms with Crippen LogP contribution in [0.1, 0.15) is 10.4 Å². The van der Waals surface area contributed by atoms with Crippen molar-refractivity contribution in [1.82, 2.24) is 9.88 Å². The molecule has 1 saturated heterocycles. The highest BCUT2D eigenvalue weighted by molar-refractivity contribution is 8.00. The van der Waals surface area contributed by atoms with Crippen molar-refractivity contribution in [1.29, 1.82) is 0 Å². The SMILES string of the molecule is CS(=O)(=O)C1CSCCN1C(=O)c1cccc2cc[nH]c12. The number of hydrogen-bond donors (Lipinski definition) is 1. The van der Waals surface area contributed by atoms with Crippen molar-refractivity contribution in [3.05, 3.63) is 36.0 Å². The Kier molecular flexibility index (Phi) is 3.71. The van der Waals surface area contributed by atoms with E-state index in [4.69, 9.17) is 0 Å². The molecule has 1 N–H and O–H groups in total. The van der Waals surface area contributed by atoms with Gasteiger partial charge in [0.05, 0.1) is 11.1 Å². The van der Waals surface area contributed by atoms with Crippen LogP contribution in [0.25, 0.3) is 10.9 Å². The number of benzene rings is 1. The maximum absolute atomic E-state index is 12.8. The largest absolute Gasteiger partial charge is 0.361 e. The van der Waals surface area contributed by atoms with E-state index in [0.717, 1.165) is 16.7 Å². The standard InChI is InChI=1S/C14H16N2O3S2/c1-21(18,19)12-9-20-8-7-16(12)14(17)11-4-2-3-10-5-6-15-13(10)11/h2-6,12,15H,7-9H2,1H3. The Morgan fingerprint density at radius 1 is 1.38 bits per heavy atom. The Bertz CT molecular complexity index is 782. The molecule has 1 aliphatic rings. The van der Waals surface area contributed by atoms with Crippen molar-refractivity contribution in [2.24, 2.45) is 0 Å². The first-order chi connectivity index (χ1) is 9.98. The highest BCUT2D eigenvalue weighted by atomic mass is 32.2. The number of amides is 1. The average Bonchev–Trinajstić information content (AvgIpc) is 2.94. The van der Waals surface area contributed by atoms with Gasteiger partial charge < -0.3 is 9.88 Å². The first-order valence-corrected chi connectivity index (χ1v) is 9.73. The fourth-order valence-corrected chi connectivity index (χ4v) is 5.40. The summed E-state index contributed by atoms with van der Waals surface area (Å²) in [7, 11) is -3.29. The number of aromatic amines is 1. The fourth-order valence-electron chi connectivity index (χ4n) is 2.59. The number of hydrogen-bond acceptors (Lipinski definition) is 4. The van der Waals surface area contributed by atoms with Gasteiger partial charge in [-0.05, 0) is 12.1 Å². The Morgan fingerprint density at radius 3 is 2.95 bits per heavy atom. The van der Waals surface area contributed by atoms with E-state index in [9.17, 15) is 13.2 Å². The van der Waals surface area contributed by atoms with E-state index >= 15 is 0 Å². The van der Waals surface area contributed by atoms with Crippen molar-refractivity contribution >= 4 is 38.4 Å². The molecule has 0 radical (unpaired) electrons. The minimum atomic E-state index is -3.29. The van der Waals surface area contributed by atoms with Gasteiger partial charge in [0, 0.05) is 35.9 Å². The molecule has 3 rings (SSSR count). The molecule has 1 fully saturated rings. The molecule has 1 unspecified atom stereocenters. The highest BCUT2D eigenvalue weighted by Gasteiger charge is 2.35. The van der Waals surface area contributed by atoms with E-state index in [1.807, 2.05) is 18.2 Å². The molecule has 1 aromatic carbocycles. The number of carbonyl (C=O) groups is 1. The van der Waals surface area contributed by atoms with Gasteiger partial charge in [-0.3, -0.25) is 4.79 Å². The number of sulfone groups is 1. The van der Waals surface area contributed by atoms with Crippen LogP contribution >= 0.6 is 11.8 Å². The molecular formula is C14H16N2O3S2. The topological polar surface area (TPSA) is 70.2 Å². The molecule has 7 heteroatoms. The maximum Gasteiger partial charge on any atom is 0.257 e. The second kappa shape index (κ2) is 5.38. The summed E-state index contributed by atoms with van der Waals surface area (Å²) >= 11 is 1.57. The average molecular weight is 324 g/mol. The van der Waals surface area contributed by atoms with Crippen molar-refractivity contribution < 1.29 is 13.2 Å². The van der Waals surface area contributed by atoms with Crippen LogP contribution < -0.4 is 0 Å². The van der Waals surface area contributed by atoms with Gasteiger partial charge in [0.2, 0.25) is 0 Å². The zero-order valence-corrected chi connectivity index (χ0v) is 13.2. The number of fused-ring (bicyclic) bond motifs is 1. The molecule has 0 saturated carbocycles. The number of rotatable bonds is 2. The summed E-state index contributed by atoms with van der Waals surface area (Å²) < 4.78 is 23.9. The fraction of sp³-hybridized carbons (Fsp3) is 0.357. The molecule has 0 spiro atoms. The molecule has 21 heavy (non-hydrogen) atoms. The van der Waals surface area contributed by atoms with Crippen molar-refractivity contribution in [2.45, 2.75) is 5.37 Å². The lowest BCUT2D eigenvalue weighted by atomic mass is 10.1. The van der Waals surface area contributed by atoms with Gasteiger partial charge >= 0.3 is 0 Å². The van der Waals surface area contributed by atoms with Crippen LogP contribution in [0.5, 0.6) is 0 Å². The smallest absolute Gasteiger partial charge is 0.257 e. The van der Waals surface area contributed by atoms with Gasteiger partial charge in [-0.15, -0.1) is 0 Å². The second-order valence-electron chi connectivity index (χ2n) is 5.11. The van der Waals surface area contributed by atoms with Crippen molar-refractivity contribution in [3.63, 3.8) is 0 Å². The number of H-pyrrole nitrogens is 1. The summed E-state index contributed by atoms with van der Waals surface area (Å²) in [5, 5.41) is 0.206. The Balaban J connectivity index is 2.02. The lowest BCUT2D eigenvalue weighted by Crippen LogP contribution is -2.49. The molecule has 1 aliphatic heterocycles. The van der Waals surface area contributed by atoms with E-state index in [1.165, 1.54) is 11.2 Å². The van der Waals surface area contributed by atoms with Crippen LogP contribution in [0.3, 0.4) is 0 Å². The molecule has 112 valence electrons. The van der Waals surface area contributed by atoms with Gasteiger partial charge in [0.15, 0.2) is 9.84 Å². The number of para-hydroxylation sites is 1. The summed E-state index contributed by atoms with van der Waals surface area (Å²) in [6.07, 6.45) is 2.97.